The van der Waals surface area contributed by atoms with E-state index < -0.39 is 0 Å². The summed E-state index contributed by atoms with van der Waals surface area (Å²) < 4.78 is 0. The quantitative estimate of drug-likeness (QED) is 0.785. The molecule has 0 radical (unpaired) electrons. The van der Waals surface area contributed by atoms with Gasteiger partial charge in [-0.15, -0.1) is 11.3 Å². The van der Waals surface area contributed by atoms with Crippen molar-refractivity contribution in [2.45, 2.75) is 25.7 Å². The average Bonchev–Trinajstić information content (AvgIpc) is 3.20. The van der Waals surface area contributed by atoms with E-state index >= 15 is 0 Å². The zero-order chi connectivity index (χ0) is 15.8. The van der Waals surface area contributed by atoms with Gasteiger partial charge < -0.3 is 4.90 Å². The Labute approximate surface area is 138 Å². The van der Waals surface area contributed by atoms with Crippen molar-refractivity contribution >= 4 is 28.1 Å². The zero-order valence-corrected chi connectivity index (χ0v) is 13.8. The maximum Gasteiger partial charge on any atom is 0.275 e. The van der Waals surface area contributed by atoms with Crippen molar-refractivity contribution < 1.29 is 4.79 Å². The minimum Gasteiger partial charge on any atom is -0.337 e. The molecule has 3 heterocycles. The Morgan fingerprint density at radius 3 is 3.09 bits per heavy atom. The first-order chi connectivity index (χ1) is 11.2. The normalized spacial score (nSPS) is 18.5. The summed E-state index contributed by atoms with van der Waals surface area (Å²) in [5.74, 6) is 0.358. The molecule has 6 heteroatoms. The molecule has 1 aromatic carbocycles. The first kappa shape index (κ1) is 14.4. The highest BCUT2D eigenvalue weighted by atomic mass is 32.1. The lowest BCUT2D eigenvalue weighted by Crippen LogP contribution is -2.39. The predicted octanol–water partition coefficient (Wildman–Crippen LogP) is 3.35. The van der Waals surface area contributed by atoms with Crippen molar-refractivity contribution in [3.63, 3.8) is 0 Å². The minimum absolute atomic E-state index is 0.0143. The summed E-state index contributed by atoms with van der Waals surface area (Å²) in [7, 11) is 0. The van der Waals surface area contributed by atoms with E-state index in [1.165, 1.54) is 4.88 Å². The number of nitrogens with one attached hydrogen (secondary N) is 1. The number of fused-ring (bicyclic) bond motifs is 1. The second-order valence-electron chi connectivity index (χ2n) is 6.02. The first-order valence-electron chi connectivity index (χ1n) is 7.87. The second-order valence-corrected chi connectivity index (χ2v) is 7.28. The Balaban J connectivity index is 1.58. The number of hydrogen-bond donors (Lipinski definition) is 1. The van der Waals surface area contributed by atoms with Crippen molar-refractivity contribution in [2.24, 2.45) is 0 Å². The van der Waals surface area contributed by atoms with Crippen LogP contribution in [0.5, 0.6) is 0 Å². The molecule has 1 aliphatic heterocycles. The molecule has 1 atom stereocenters. The van der Waals surface area contributed by atoms with Crippen LogP contribution >= 0.6 is 11.3 Å². The van der Waals surface area contributed by atoms with Gasteiger partial charge in [-0.3, -0.25) is 9.89 Å². The third-order valence-corrected chi connectivity index (χ3v) is 5.45. The topological polar surface area (TPSA) is 61.9 Å². The molecule has 3 aromatic rings. The molecule has 1 saturated heterocycles. The molecule has 0 bridgehead atoms. The number of carbonyl (C=O) groups is 1. The number of likely N-dealkylation sites (tertiary alicyclic amines) is 1. The molecule has 1 fully saturated rings. The summed E-state index contributed by atoms with van der Waals surface area (Å²) in [6.07, 6.45) is 4.03. The van der Waals surface area contributed by atoms with Crippen molar-refractivity contribution in [1.82, 2.24) is 20.1 Å². The number of nitrogens with zero attached hydrogens (tertiary/aromatic N) is 3. The number of thiazole rings is 1. The van der Waals surface area contributed by atoms with E-state index in [4.69, 9.17) is 0 Å². The van der Waals surface area contributed by atoms with Crippen LogP contribution in [0.2, 0.25) is 0 Å². The van der Waals surface area contributed by atoms with Gasteiger partial charge in [0.1, 0.15) is 0 Å². The van der Waals surface area contributed by atoms with Crippen LogP contribution in [0.15, 0.2) is 30.5 Å². The third kappa shape index (κ3) is 2.63. The lowest BCUT2D eigenvalue weighted by Gasteiger charge is -2.31. The summed E-state index contributed by atoms with van der Waals surface area (Å²) >= 11 is 1.74. The number of aryl methyl sites for hydroxylation is 1. The molecule has 0 saturated carbocycles. The maximum absolute atomic E-state index is 12.9. The lowest BCUT2D eigenvalue weighted by molar-refractivity contribution is 0.0703. The largest absolute Gasteiger partial charge is 0.337 e. The van der Waals surface area contributed by atoms with Gasteiger partial charge >= 0.3 is 0 Å². The van der Waals surface area contributed by atoms with E-state index in [1.807, 2.05) is 35.4 Å². The van der Waals surface area contributed by atoms with Gasteiger partial charge in [-0.1, -0.05) is 18.2 Å². The molecule has 0 aliphatic carbocycles. The third-order valence-electron chi connectivity index (χ3n) is 4.37. The van der Waals surface area contributed by atoms with E-state index in [9.17, 15) is 4.79 Å². The molecule has 1 aliphatic rings. The fourth-order valence-electron chi connectivity index (χ4n) is 3.20. The Morgan fingerprint density at radius 1 is 1.39 bits per heavy atom. The number of aromatic nitrogens is 3. The van der Waals surface area contributed by atoms with Gasteiger partial charge in [0.05, 0.1) is 10.5 Å². The van der Waals surface area contributed by atoms with E-state index in [0.717, 1.165) is 41.8 Å². The SMILES string of the molecule is Cc1cnc([C@H]2CCCN(C(=O)c3n[nH]c4ccccc34)C2)s1. The summed E-state index contributed by atoms with van der Waals surface area (Å²) in [6.45, 7) is 3.59. The highest BCUT2D eigenvalue weighted by molar-refractivity contribution is 7.11. The number of H-pyrrole nitrogens is 1. The van der Waals surface area contributed by atoms with E-state index in [0.29, 0.717) is 11.6 Å². The zero-order valence-electron chi connectivity index (χ0n) is 13.0. The van der Waals surface area contributed by atoms with Gasteiger partial charge in [0.2, 0.25) is 0 Å². The van der Waals surface area contributed by atoms with Crippen LogP contribution in [0, 0.1) is 6.92 Å². The van der Waals surface area contributed by atoms with Gasteiger partial charge in [0.25, 0.3) is 5.91 Å². The summed E-state index contributed by atoms with van der Waals surface area (Å²) in [4.78, 5) is 20.5. The van der Waals surface area contributed by atoms with Gasteiger partial charge in [0, 0.05) is 35.5 Å². The molecule has 118 valence electrons. The second kappa shape index (κ2) is 5.77. The number of para-hydroxylation sites is 1. The number of amides is 1. The van der Waals surface area contributed by atoms with Crippen LogP contribution in [-0.2, 0) is 0 Å². The number of piperidine rings is 1. The predicted molar refractivity (Wildman–Crippen MR) is 90.8 cm³/mol. The molecule has 2 aromatic heterocycles. The fourth-order valence-corrected chi connectivity index (χ4v) is 4.10. The van der Waals surface area contributed by atoms with Crippen molar-refractivity contribution in [3.8, 4) is 0 Å². The number of rotatable bonds is 2. The van der Waals surface area contributed by atoms with E-state index in [-0.39, 0.29) is 5.91 Å². The van der Waals surface area contributed by atoms with Gasteiger partial charge in [-0.2, -0.15) is 5.10 Å². The van der Waals surface area contributed by atoms with Gasteiger partial charge in [-0.05, 0) is 25.8 Å². The van der Waals surface area contributed by atoms with Crippen molar-refractivity contribution in [2.75, 3.05) is 13.1 Å². The molecule has 0 unspecified atom stereocenters. The highest BCUT2D eigenvalue weighted by Gasteiger charge is 2.29. The smallest absolute Gasteiger partial charge is 0.275 e. The van der Waals surface area contributed by atoms with Crippen LogP contribution in [0.25, 0.3) is 10.9 Å². The van der Waals surface area contributed by atoms with Gasteiger partial charge in [-0.25, -0.2) is 4.98 Å². The summed E-state index contributed by atoms with van der Waals surface area (Å²) in [5, 5.41) is 9.23. The van der Waals surface area contributed by atoms with E-state index in [2.05, 4.69) is 22.1 Å². The van der Waals surface area contributed by atoms with Crippen LogP contribution < -0.4 is 0 Å². The molecule has 0 spiro atoms. The van der Waals surface area contributed by atoms with E-state index in [1.54, 1.807) is 11.3 Å². The molecular formula is C17H18N4OS. The first-order valence-corrected chi connectivity index (χ1v) is 8.69. The molecule has 4 rings (SSSR count). The standard InChI is InChI=1S/C17H18N4OS/c1-11-9-18-16(23-11)12-5-4-8-21(10-12)17(22)15-13-6-2-3-7-14(13)19-20-15/h2-3,6-7,9,12H,4-5,8,10H2,1H3,(H,19,20)/t12-/m0/s1. The molecule has 1 amide bonds. The maximum atomic E-state index is 12.9. The Bertz CT molecular complexity index is 853. The molecule has 5 nitrogen and oxygen atoms in total. The van der Waals surface area contributed by atoms with Crippen LogP contribution in [-0.4, -0.2) is 39.1 Å². The molecule has 23 heavy (non-hydrogen) atoms. The Hall–Kier alpha value is -2.21. The van der Waals surface area contributed by atoms with Gasteiger partial charge in [0.15, 0.2) is 5.69 Å². The molecule has 1 N–H and O–H groups in total. The number of benzene rings is 1. The van der Waals surface area contributed by atoms with Crippen molar-refractivity contribution in [3.05, 3.63) is 46.0 Å². The number of hydrogen-bond acceptors (Lipinski definition) is 4. The monoisotopic (exact) mass is 326 g/mol. The highest BCUT2D eigenvalue weighted by Crippen LogP contribution is 2.30. The summed E-state index contributed by atoms with van der Waals surface area (Å²) in [6, 6.07) is 7.76. The average molecular weight is 326 g/mol. The Morgan fingerprint density at radius 2 is 2.26 bits per heavy atom. The fraction of sp³-hybridized carbons (Fsp3) is 0.353. The summed E-state index contributed by atoms with van der Waals surface area (Å²) in [5.41, 5.74) is 1.43. The lowest BCUT2D eigenvalue weighted by atomic mass is 9.98. The number of carbonyl (C=O) groups excluding carboxylic acids is 1. The van der Waals surface area contributed by atoms with Crippen LogP contribution in [0.4, 0.5) is 0 Å². The van der Waals surface area contributed by atoms with Crippen LogP contribution in [0.3, 0.4) is 0 Å². The molecular weight excluding hydrogens is 308 g/mol. The number of aromatic amines is 1. The van der Waals surface area contributed by atoms with Crippen molar-refractivity contribution in [1.29, 1.82) is 0 Å². The van der Waals surface area contributed by atoms with Crippen LogP contribution in [0.1, 0.15) is 39.1 Å². The Kier molecular flexibility index (Phi) is 3.61. The minimum atomic E-state index is 0.0143.